The minimum absolute atomic E-state index is 0.133. The lowest BCUT2D eigenvalue weighted by molar-refractivity contribution is -0.308. The molecule has 4 rings (SSSR count). The van der Waals surface area contributed by atoms with Gasteiger partial charge in [-0.2, -0.15) is 0 Å². The minimum atomic E-state index is -1.41. The molecule has 3 amide bonds. The summed E-state index contributed by atoms with van der Waals surface area (Å²) in [7, 11) is 3.24. The Morgan fingerprint density at radius 2 is 1.58 bits per heavy atom. The third-order valence-electron chi connectivity index (χ3n) is 9.34. The van der Waals surface area contributed by atoms with Crippen molar-refractivity contribution in [3.05, 3.63) is 35.9 Å². The molecule has 1 aromatic rings. The van der Waals surface area contributed by atoms with Crippen LogP contribution in [0.5, 0.6) is 0 Å². The van der Waals surface area contributed by atoms with Gasteiger partial charge in [-0.3, -0.25) is 14.4 Å². The molecule has 2 saturated heterocycles. The number of aliphatic carboxylic acids is 1. The van der Waals surface area contributed by atoms with E-state index < -0.39 is 84.9 Å². The van der Waals surface area contributed by atoms with Crippen molar-refractivity contribution >= 4 is 23.7 Å². The lowest BCUT2D eigenvalue weighted by Gasteiger charge is -2.49. The zero-order valence-corrected chi connectivity index (χ0v) is 30.4. The maximum Gasteiger partial charge on any atom is 0.337 e. The second-order valence-corrected chi connectivity index (χ2v) is 13.8. The van der Waals surface area contributed by atoms with Crippen LogP contribution in [-0.4, -0.2) is 154 Å². The number of nitrogens with one attached hydrogen (secondary N) is 3. The summed E-state index contributed by atoms with van der Waals surface area (Å²) in [6.07, 6.45) is -7.74. The first-order valence-electron chi connectivity index (χ1n) is 17.2. The molecule has 0 spiro atoms. The third-order valence-corrected chi connectivity index (χ3v) is 9.34. The number of carbonyl (C=O) groups is 4. The van der Waals surface area contributed by atoms with Crippen molar-refractivity contribution < 1.29 is 63.7 Å². The molecule has 1 unspecified atom stereocenters. The number of benzene rings is 1. The molecule has 18 heteroatoms. The van der Waals surface area contributed by atoms with Crippen LogP contribution in [0.25, 0.3) is 0 Å². The fourth-order valence-electron chi connectivity index (χ4n) is 6.60. The predicted molar refractivity (Wildman–Crippen MR) is 183 cm³/mol. The van der Waals surface area contributed by atoms with E-state index in [1.54, 1.807) is 44.4 Å². The number of ether oxygens (including phenoxy) is 4. The minimum Gasteiger partial charge on any atom is -0.479 e. The average molecular weight is 742 g/mol. The third kappa shape index (κ3) is 11.6. The van der Waals surface area contributed by atoms with Gasteiger partial charge in [-0.1, -0.05) is 30.3 Å². The first-order valence-corrected chi connectivity index (χ1v) is 17.2. The second-order valence-electron chi connectivity index (χ2n) is 13.8. The molecule has 52 heavy (non-hydrogen) atoms. The molecular formula is C34H55N5O13. The molecule has 3 fully saturated rings. The molecule has 0 aromatic heterocycles. The Morgan fingerprint density at radius 1 is 0.981 bits per heavy atom. The van der Waals surface area contributed by atoms with E-state index in [1.807, 2.05) is 0 Å². The number of carbonyl (C=O) groups excluding carboxylic acids is 3. The Hall–Kier alpha value is -3.30. The number of nitrogens with zero attached hydrogens (tertiary/aromatic N) is 1. The fourth-order valence-corrected chi connectivity index (χ4v) is 6.60. The van der Waals surface area contributed by atoms with Gasteiger partial charge < -0.3 is 71.1 Å². The number of carboxylic acid groups (broad SMARTS) is 1. The highest BCUT2D eigenvalue weighted by Crippen LogP contribution is 2.32. The highest BCUT2D eigenvalue weighted by atomic mass is 16.7. The number of amides is 3. The van der Waals surface area contributed by atoms with Crippen molar-refractivity contribution in [1.82, 2.24) is 20.9 Å². The van der Waals surface area contributed by atoms with Crippen LogP contribution >= 0.6 is 0 Å². The Labute approximate surface area is 302 Å². The smallest absolute Gasteiger partial charge is 0.337 e. The maximum absolute atomic E-state index is 12.1. The number of aliphatic hydroxyl groups is 4. The van der Waals surface area contributed by atoms with Gasteiger partial charge in [-0.15, -0.1) is 0 Å². The molecule has 2 heterocycles. The summed E-state index contributed by atoms with van der Waals surface area (Å²) in [5.41, 5.74) is 5.43. The van der Waals surface area contributed by atoms with Crippen LogP contribution in [0.15, 0.2) is 30.3 Å². The van der Waals surface area contributed by atoms with Gasteiger partial charge in [0.05, 0.1) is 30.8 Å². The van der Waals surface area contributed by atoms with Crippen LogP contribution in [0.4, 0.5) is 0 Å². The highest BCUT2D eigenvalue weighted by Gasteiger charge is 2.51. The number of hydrogen-bond donors (Lipinski definition) is 9. The summed E-state index contributed by atoms with van der Waals surface area (Å²) in [4.78, 5) is 47.5. The first-order chi connectivity index (χ1) is 24.4. The number of hydrogen-bond acceptors (Lipinski definition) is 14. The van der Waals surface area contributed by atoms with Crippen molar-refractivity contribution in [1.29, 1.82) is 0 Å². The van der Waals surface area contributed by atoms with Gasteiger partial charge in [-0.05, 0) is 38.8 Å². The molecule has 0 bridgehead atoms. The lowest BCUT2D eigenvalue weighted by Crippen LogP contribution is -2.69. The first kappa shape index (κ1) is 43.1. The van der Waals surface area contributed by atoms with E-state index in [4.69, 9.17) is 34.9 Å². The van der Waals surface area contributed by atoms with Gasteiger partial charge in [0.2, 0.25) is 17.7 Å². The van der Waals surface area contributed by atoms with Crippen molar-refractivity contribution in [3.8, 4) is 0 Å². The molecule has 0 radical (unpaired) electrons. The molecule has 13 atom stereocenters. The van der Waals surface area contributed by atoms with E-state index >= 15 is 0 Å². The Bertz CT molecular complexity index is 1340. The number of aliphatic hydroxyl groups excluding tert-OH is 3. The maximum atomic E-state index is 12.1. The molecule has 2 aliphatic heterocycles. The highest BCUT2D eigenvalue weighted by molar-refractivity contribution is 5.74. The van der Waals surface area contributed by atoms with E-state index in [0.29, 0.717) is 24.9 Å². The van der Waals surface area contributed by atoms with Crippen LogP contribution in [0.2, 0.25) is 0 Å². The predicted octanol–water partition coefficient (Wildman–Crippen LogP) is -2.30. The molecule has 3 aliphatic rings. The molecule has 1 saturated carbocycles. The van der Waals surface area contributed by atoms with Gasteiger partial charge >= 0.3 is 5.97 Å². The van der Waals surface area contributed by atoms with Crippen LogP contribution in [0.3, 0.4) is 0 Å². The van der Waals surface area contributed by atoms with Gasteiger partial charge in [0.15, 0.2) is 18.7 Å². The van der Waals surface area contributed by atoms with Crippen LogP contribution in [0.1, 0.15) is 58.6 Å². The van der Waals surface area contributed by atoms with Crippen molar-refractivity contribution in [2.75, 3.05) is 27.2 Å². The summed E-state index contributed by atoms with van der Waals surface area (Å²) in [5.74, 6) is -2.02. The summed E-state index contributed by atoms with van der Waals surface area (Å²) >= 11 is 0. The Kier molecular flexibility index (Phi) is 15.9. The number of nitrogens with two attached hydrogens (primary N) is 1. The van der Waals surface area contributed by atoms with Gasteiger partial charge in [0, 0.05) is 40.4 Å². The summed E-state index contributed by atoms with van der Waals surface area (Å²) in [6.45, 7) is 5.83. The largest absolute Gasteiger partial charge is 0.479 e. The molecule has 294 valence electrons. The SMILES string of the molecule is CN[C@@H]1[C@@H](O)[C@@H](O[C@@H]2[C@@H](O)[C@H](O[C@H]3O[C@H](CN(C)C(C)=O)CC[C@H]3NC(C)=O)[C@@H](NC(C)=O)C[C@H]2N)OC[C@]1(C)O.O=C(O)C(O)c1ccccc1. The van der Waals surface area contributed by atoms with E-state index in [9.17, 15) is 34.5 Å². The van der Waals surface area contributed by atoms with Crippen LogP contribution < -0.4 is 21.7 Å². The normalized spacial score (nSPS) is 35.2. The Morgan fingerprint density at radius 3 is 2.13 bits per heavy atom. The van der Waals surface area contributed by atoms with Crippen molar-refractivity contribution in [2.24, 2.45) is 5.73 Å². The summed E-state index contributed by atoms with van der Waals surface area (Å²) in [6, 6.07) is 5.40. The van der Waals surface area contributed by atoms with E-state index in [2.05, 4.69) is 16.0 Å². The standard InChI is InChI=1S/C26H47N5O10.C8H8O3/c1-12(32)29-17-8-7-15(10-31(6)14(3)34)39-24(17)41-22-18(30-13(2)33)9-16(27)21(19(22)35)40-25-20(36)23(28-5)26(4,37)11-38-25;9-7(8(10)11)6-4-2-1-3-5-6/h15-25,28,35-37H,7-11,27H2,1-6H3,(H,29,32)(H,30,33);1-5,7,9H,(H,10,11)/t15-,16+,17+,18-,19+,20+,21-,22+,23+,24+,25+,26-;/m0./s1. The second kappa shape index (κ2) is 19.2. The number of likely N-dealkylation sites (N-methyl/N-ethyl adjacent to an activating group) is 2. The van der Waals surface area contributed by atoms with Crippen LogP contribution in [0, 0.1) is 0 Å². The molecule has 18 nitrogen and oxygen atoms in total. The number of carboxylic acids is 1. The molecule has 1 aromatic carbocycles. The lowest BCUT2D eigenvalue weighted by atomic mass is 9.83. The van der Waals surface area contributed by atoms with E-state index in [-0.39, 0.29) is 30.7 Å². The zero-order valence-electron chi connectivity index (χ0n) is 30.4. The monoisotopic (exact) mass is 741 g/mol. The van der Waals surface area contributed by atoms with Crippen molar-refractivity contribution in [2.45, 2.75) is 126 Å². The van der Waals surface area contributed by atoms with Crippen molar-refractivity contribution in [3.63, 3.8) is 0 Å². The van der Waals surface area contributed by atoms with Gasteiger partial charge in [-0.25, -0.2) is 4.79 Å². The van der Waals surface area contributed by atoms with Gasteiger partial charge in [0.25, 0.3) is 0 Å². The van der Waals surface area contributed by atoms with E-state index in [0.717, 1.165) is 0 Å². The van der Waals surface area contributed by atoms with Crippen LogP contribution in [-0.2, 0) is 38.1 Å². The van der Waals surface area contributed by atoms with Gasteiger partial charge in [0.1, 0.15) is 30.0 Å². The summed E-state index contributed by atoms with van der Waals surface area (Å²) < 4.78 is 24.1. The zero-order chi connectivity index (χ0) is 38.9. The Balaban J connectivity index is 0.000000564. The number of rotatable bonds is 11. The van der Waals surface area contributed by atoms with E-state index in [1.165, 1.54) is 32.6 Å². The fraction of sp³-hybridized carbons (Fsp3) is 0.706. The summed E-state index contributed by atoms with van der Waals surface area (Å²) in [5, 5.41) is 58.8. The molecule has 1 aliphatic carbocycles. The molecule has 10 N–H and O–H groups in total. The molecular weight excluding hydrogens is 686 g/mol. The average Bonchev–Trinajstić information content (AvgIpc) is 3.06. The topological polar surface area (TPSA) is 272 Å². The quantitative estimate of drug-likeness (QED) is 0.115.